The molecule has 2 heteroatoms. The molecule has 0 N–H and O–H groups in total. The summed E-state index contributed by atoms with van der Waals surface area (Å²) in [6.45, 7) is 4.17. The highest BCUT2D eigenvalue weighted by molar-refractivity contribution is 4.84. The van der Waals surface area contributed by atoms with Gasteiger partial charge in [0.25, 0.3) is 0 Å². The van der Waals surface area contributed by atoms with Crippen molar-refractivity contribution in [3.63, 3.8) is 0 Å². The second-order valence-electron chi connectivity index (χ2n) is 2.10. The summed E-state index contributed by atoms with van der Waals surface area (Å²) in [5, 5.41) is 0. The number of terminal acetylenes is 2. The molecule has 0 aliphatic carbocycles. The van der Waals surface area contributed by atoms with Crippen molar-refractivity contribution in [3.8, 4) is 24.7 Å². The maximum Gasteiger partial charge on any atom is 0.160 e. The van der Waals surface area contributed by atoms with Crippen molar-refractivity contribution in [2.24, 2.45) is 0 Å². The van der Waals surface area contributed by atoms with E-state index in [0.717, 1.165) is 6.42 Å². The molecule has 0 aromatic heterocycles. The molecule has 0 saturated carbocycles. The summed E-state index contributed by atoms with van der Waals surface area (Å²) < 4.78 is 10.3. The van der Waals surface area contributed by atoms with Gasteiger partial charge in [0.1, 0.15) is 13.2 Å². The third-order valence-electron chi connectivity index (χ3n) is 1.14. The van der Waals surface area contributed by atoms with Crippen molar-refractivity contribution >= 4 is 0 Å². The zero-order valence-corrected chi connectivity index (χ0v) is 7.08. The Morgan fingerprint density at radius 2 is 1.67 bits per heavy atom. The smallest absolute Gasteiger partial charge is 0.160 e. The van der Waals surface area contributed by atoms with E-state index < -0.39 is 0 Å². The van der Waals surface area contributed by atoms with Crippen LogP contribution in [0.1, 0.15) is 12.8 Å². The highest BCUT2D eigenvalue weighted by Crippen LogP contribution is 2.02. The molecule has 0 rings (SSSR count). The molecule has 0 unspecified atom stereocenters. The first-order valence-electron chi connectivity index (χ1n) is 3.74. The van der Waals surface area contributed by atoms with Crippen LogP contribution >= 0.6 is 0 Å². The van der Waals surface area contributed by atoms with Gasteiger partial charge in [0, 0.05) is 0 Å². The summed E-state index contributed by atoms with van der Waals surface area (Å²) in [7, 11) is 0. The van der Waals surface area contributed by atoms with E-state index in [1.54, 1.807) is 0 Å². The number of hydrogen-bond donors (Lipinski definition) is 0. The summed E-state index contributed by atoms with van der Waals surface area (Å²) >= 11 is 0. The maximum atomic E-state index is 5.14. The summed E-state index contributed by atoms with van der Waals surface area (Å²) in [5.41, 5.74) is 0. The molecule has 0 aromatic rings. The van der Waals surface area contributed by atoms with Crippen LogP contribution in [0.3, 0.4) is 0 Å². The van der Waals surface area contributed by atoms with E-state index >= 15 is 0 Å². The van der Waals surface area contributed by atoms with Crippen LogP contribution in [0.15, 0.2) is 0 Å². The molecule has 0 aliphatic rings. The molecule has 0 atom stereocenters. The number of ether oxygens (including phenoxy) is 2. The largest absolute Gasteiger partial charge is 0.340 e. The van der Waals surface area contributed by atoms with Gasteiger partial charge in [0.15, 0.2) is 6.29 Å². The summed E-state index contributed by atoms with van der Waals surface area (Å²) in [5.74, 6) is 4.72. The SMILES string of the molecule is C#CCOC(CC[CH2])OCC#C. The van der Waals surface area contributed by atoms with Crippen LogP contribution in [0.5, 0.6) is 0 Å². The van der Waals surface area contributed by atoms with Crippen LogP contribution in [-0.2, 0) is 9.47 Å². The number of hydrogen-bond acceptors (Lipinski definition) is 2. The molecule has 2 nitrogen and oxygen atoms in total. The molecule has 0 aromatic carbocycles. The predicted octanol–water partition coefficient (Wildman–Crippen LogP) is 1.23. The second-order valence-corrected chi connectivity index (χ2v) is 2.10. The predicted molar refractivity (Wildman–Crippen MR) is 47.9 cm³/mol. The van der Waals surface area contributed by atoms with Crippen molar-refractivity contribution in [2.75, 3.05) is 13.2 Å². The summed E-state index contributed by atoms with van der Waals surface area (Å²) in [4.78, 5) is 0. The molecule has 1 radical (unpaired) electrons. The molecular weight excluding hydrogens is 152 g/mol. The van der Waals surface area contributed by atoms with E-state index in [0.29, 0.717) is 6.42 Å². The van der Waals surface area contributed by atoms with Gasteiger partial charge < -0.3 is 9.47 Å². The van der Waals surface area contributed by atoms with Crippen molar-refractivity contribution in [1.82, 2.24) is 0 Å². The lowest BCUT2D eigenvalue weighted by Gasteiger charge is -2.14. The van der Waals surface area contributed by atoms with Gasteiger partial charge in [-0.2, -0.15) is 0 Å². The van der Waals surface area contributed by atoms with Crippen LogP contribution in [0, 0.1) is 31.6 Å². The van der Waals surface area contributed by atoms with Crippen LogP contribution in [-0.4, -0.2) is 19.5 Å². The fraction of sp³-hybridized carbons (Fsp3) is 0.500. The average Bonchev–Trinajstić information content (AvgIpc) is 2.10. The van der Waals surface area contributed by atoms with E-state index in [-0.39, 0.29) is 19.5 Å². The molecule has 0 saturated heterocycles. The Kier molecular flexibility index (Phi) is 7.49. The lowest BCUT2D eigenvalue weighted by atomic mass is 10.3. The molecule has 0 spiro atoms. The normalized spacial score (nSPS) is 9.33. The van der Waals surface area contributed by atoms with Crippen LogP contribution in [0.2, 0.25) is 0 Å². The molecular formula is C10H13O2. The third-order valence-corrected chi connectivity index (χ3v) is 1.14. The Bertz CT molecular complexity index is 155. The van der Waals surface area contributed by atoms with Gasteiger partial charge in [-0.25, -0.2) is 0 Å². The average molecular weight is 165 g/mol. The van der Waals surface area contributed by atoms with Gasteiger partial charge in [0.05, 0.1) is 0 Å². The molecule has 12 heavy (non-hydrogen) atoms. The first-order valence-corrected chi connectivity index (χ1v) is 3.74. The molecule has 0 amide bonds. The highest BCUT2D eigenvalue weighted by atomic mass is 16.7. The van der Waals surface area contributed by atoms with Gasteiger partial charge in [-0.05, 0) is 12.8 Å². The standard InChI is InChI=1S/C10H13O2/c1-4-7-10(11-8-5-2)12-9-6-3/h2-3,10H,1,4,7-9H2. The summed E-state index contributed by atoms with van der Waals surface area (Å²) in [6, 6.07) is 0. The van der Waals surface area contributed by atoms with E-state index in [1.807, 2.05) is 0 Å². The number of rotatable bonds is 6. The minimum absolute atomic E-state index is 0.245. The van der Waals surface area contributed by atoms with E-state index in [4.69, 9.17) is 22.3 Å². The maximum absolute atomic E-state index is 5.14. The zero-order valence-electron chi connectivity index (χ0n) is 7.08. The lowest BCUT2D eigenvalue weighted by molar-refractivity contribution is -0.127. The quantitative estimate of drug-likeness (QED) is 0.435. The first kappa shape index (κ1) is 11.0. The van der Waals surface area contributed by atoms with Gasteiger partial charge in [-0.1, -0.05) is 18.8 Å². The molecule has 0 bridgehead atoms. The fourth-order valence-corrected chi connectivity index (χ4v) is 0.664. The van der Waals surface area contributed by atoms with Gasteiger partial charge in [0.2, 0.25) is 0 Å². The topological polar surface area (TPSA) is 18.5 Å². The van der Waals surface area contributed by atoms with Crippen LogP contribution in [0.25, 0.3) is 0 Å². The Morgan fingerprint density at radius 3 is 2.00 bits per heavy atom. The van der Waals surface area contributed by atoms with Crippen LogP contribution < -0.4 is 0 Å². The lowest BCUT2D eigenvalue weighted by Crippen LogP contribution is -2.17. The van der Waals surface area contributed by atoms with E-state index in [9.17, 15) is 0 Å². The van der Waals surface area contributed by atoms with Crippen molar-refractivity contribution in [1.29, 1.82) is 0 Å². The summed E-state index contributed by atoms with van der Waals surface area (Å²) in [6.07, 6.45) is 11.2. The minimum atomic E-state index is -0.311. The van der Waals surface area contributed by atoms with Gasteiger partial charge in [-0.3, -0.25) is 0 Å². The molecule has 0 aliphatic heterocycles. The van der Waals surface area contributed by atoms with E-state index in [2.05, 4.69) is 18.8 Å². The van der Waals surface area contributed by atoms with Gasteiger partial charge in [-0.15, -0.1) is 12.8 Å². The Morgan fingerprint density at radius 1 is 1.17 bits per heavy atom. The molecule has 65 valence electrons. The Hall–Kier alpha value is -0.960. The molecule has 0 heterocycles. The monoisotopic (exact) mass is 165 g/mol. The zero-order chi connectivity index (χ0) is 9.23. The van der Waals surface area contributed by atoms with Crippen molar-refractivity contribution in [2.45, 2.75) is 19.1 Å². The Balaban J connectivity index is 3.57. The first-order chi connectivity index (χ1) is 5.85. The van der Waals surface area contributed by atoms with Crippen molar-refractivity contribution in [3.05, 3.63) is 6.92 Å². The van der Waals surface area contributed by atoms with Crippen molar-refractivity contribution < 1.29 is 9.47 Å². The fourth-order valence-electron chi connectivity index (χ4n) is 0.664. The van der Waals surface area contributed by atoms with E-state index in [1.165, 1.54) is 0 Å². The van der Waals surface area contributed by atoms with Crippen LogP contribution in [0.4, 0.5) is 0 Å². The minimum Gasteiger partial charge on any atom is -0.340 e. The van der Waals surface area contributed by atoms with Gasteiger partial charge >= 0.3 is 0 Å². The second kappa shape index (κ2) is 8.14. The highest BCUT2D eigenvalue weighted by Gasteiger charge is 2.05. The third kappa shape index (κ3) is 5.80. The molecule has 0 fully saturated rings. The Labute approximate surface area is 74.2 Å².